The number of fused-ring (bicyclic) bond motifs is 6. The molecule has 0 radical (unpaired) electrons. The second-order valence-electron chi connectivity index (χ2n) is 9.60. The Hall–Kier alpha value is -6.07. The SMILES string of the molecule is [2H]c1c(-c2c([2H])c([2H])c([2H])c([2H])c2[2H])nc(-c2ccccc2-n2c3ccncc3c3c([2H])c([2H])c([2H])c([2H])c32)nc1-n1c2c([2H])c([2H])c([2H])c([2H])c2c2c([2H])c([2H])c([2H])c([2H])c21. The van der Waals surface area contributed by atoms with Crippen LogP contribution in [0.15, 0.2) is 151 Å². The fourth-order valence-electron chi connectivity index (χ4n) is 5.41. The first-order chi connectivity index (χ1) is 29.3. The van der Waals surface area contributed by atoms with Gasteiger partial charge in [0.15, 0.2) is 5.82 Å². The molecule has 0 aliphatic heterocycles. The summed E-state index contributed by atoms with van der Waals surface area (Å²) in [6, 6.07) is -4.01. The summed E-state index contributed by atoms with van der Waals surface area (Å²) in [6.07, 6.45) is 2.91. The van der Waals surface area contributed by atoms with Crippen LogP contribution in [0.5, 0.6) is 0 Å². The molecule has 0 fully saturated rings. The van der Waals surface area contributed by atoms with Crippen molar-refractivity contribution >= 4 is 43.6 Å². The van der Waals surface area contributed by atoms with Crippen LogP contribution >= 0.6 is 0 Å². The van der Waals surface area contributed by atoms with Gasteiger partial charge >= 0.3 is 0 Å². The number of para-hydroxylation sites is 4. The summed E-state index contributed by atoms with van der Waals surface area (Å²) in [6.45, 7) is 0. The standard InChI is InChI=1S/C39H25N5/c1-2-12-26(13-3-1)32-24-38(44-34-19-9-4-14-27(34)28-15-5-10-20-35(28)44)42-39(41-32)30-17-7-11-21-36(30)43-33-18-8-6-16-29(33)31-25-40-23-22-37(31)43/h1-25H/i1D,2D,3D,4D,5D,6D,8D,9D,10D,12D,13D,14D,15D,16D,18D,19D,20D,24D. The number of aromatic nitrogens is 5. The molecular weight excluding hydrogens is 538 g/mol. The molecule has 44 heavy (non-hydrogen) atoms. The van der Waals surface area contributed by atoms with Crippen molar-refractivity contribution in [3.8, 4) is 34.2 Å². The van der Waals surface area contributed by atoms with Gasteiger partial charge in [0, 0.05) is 51.1 Å². The van der Waals surface area contributed by atoms with E-state index in [0.29, 0.717) is 10.9 Å². The van der Waals surface area contributed by atoms with Crippen LogP contribution in [0.3, 0.4) is 0 Å². The van der Waals surface area contributed by atoms with E-state index in [-0.39, 0.29) is 44.8 Å². The largest absolute Gasteiger partial charge is 0.308 e. The number of rotatable bonds is 4. The van der Waals surface area contributed by atoms with Gasteiger partial charge in [-0.05, 0) is 36.3 Å². The van der Waals surface area contributed by atoms with Crippen LogP contribution in [-0.2, 0) is 0 Å². The second kappa shape index (κ2) is 9.75. The Morgan fingerprint density at radius 1 is 0.545 bits per heavy atom. The highest BCUT2D eigenvalue weighted by Gasteiger charge is 2.20. The third kappa shape index (κ3) is 3.69. The minimum absolute atomic E-state index is 0.0454. The van der Waals surface area contributed by atoms with Crippen LogP contribution in [0.25, 0.3) is 77.8 Å². The molecular formula is C39H25N5. The second-order valence-corrected chi connectivity index (χ2v) is 9.60. The summed E-state index contributed by atoms with van der Waals surface area (Å²) in [5.41, 5.74) is -1.19. The molecule has 0 unspecified atom stereocenters. The van der Waals surface area contributed by atoms with Gasteiger partial charge in [-0.25, -0.2) is 9.97 Å². The molecule has 0 amide bonds. The highest BCUT2D eigenvalue weighted by atomic mass is 15.1. The predicted octanol–water partition coefficient (Wildman–Crippen LogP) is 9.40. The fraction of sp³-hybridized carbons (Fsp3) is 0. The van der Waals surface area contributed by atoms with E-state index >= 15 is 0 Å². The molecule has 206 valence electrons. The zero-order valence-electron chi connectivity index (χ0n) is 40.3. The zero-order chi connectivity index (χ0) is 44.7. The van der Waals surface area contributed by atoms with Gasteiger partial charge in [0.1, 0.15) is 5.82 Å². The maximum atomic E-state index is 9.64. The topological polar surface area (TPSA) is 48.5 Å². The third-order valence-electron chi connectivity index (χ3n) is 7.23. The van der Waals surface area contributed by atoms with E-state index in [2.05, 4.69) is 9.97 Å². The van der Waals surface area contributed by atoms with Gasteiger partial charge in [-0.2, -0.15) is 0 Å². The molecule has 4 aromatic heterocycles. The quantitative estimate of drug-likeness (QED) is 0.208. The van der Waals surface area contributed by atoms with Crippen molar-refractivity contribution in [2.24, 2.45) is 0 Å². The Kier molecular flexibility index (Phi) is 2.80. The smallest absolute Gasteiger partial charge is 0.164 e. The molecule has 9 rings (SSSR count). The summed E-state index contributed by atoms with van der Waals surface area (Å²) in [5, 5.41) is -0.142. The summed E-state index contributed by atoms with van der Waals surface area (Å²) >= 11 is 0. The molecule has 5 nitrogen and oxygen atoms in total. The van der Waals surface area contributed by atoms with Gasteiger partial charge < -0.3 is 4.57 Å². The van der Waals surface area contributed by atoms with Crippen LogP contribution in [0.4, 0.5) is 0 Å². The monoisotopic (exact) mass is 581 g/mol. The van der Waals surface area contributed by atoms with Crippen LogP contribution in [0, 0.1) is 0 Å². The molecule has 9 aromatic rings. The van der Waals surface area contributed by atoms with Crippen molar-refractivity contribution in [3.63, 3.8) is 0 Å². The van der Waals surface area contributed by atoms with E-state index in [4.69, 9.17) is 28.3 Å². The Morgan fingerprint density at radius 2 is 1.16 bits per heavy atom. The number of nitrogens with zero attached hydrogens (tertiary/aromatic N) is 5. The van der Waals surface area contributed by atoms with Crippen molar-refractivity contribution < 1.29 is 24.7 Å². The van der Waals surface area contributed by atoms with E-state index in [0.717, 1.165) is 4.57 Å². The van der Waals surface area contributed by atoms with Crippen molar-refractivity contribution in [1.29, 1.82) is 0 Å². The number of hydrogen-bond donors (Lipinski definition) is 0. The molecule has 5 aromatic carbocycles. The fourth-order valence-corrected chi connectivity index (χ4v) is 5.41. The zero-order valence-corrected chi connectivity index (χ0v) is 22.3. The number of pyridine rings is 1. The van der Waals surface area contributed by atoms with Gasteiger partial charge in [0.25, 0.3) is 0 Å². The van der Waals surface area contributed by atoms with Crippen molar-refractivity contribution in [3.05, 3.63) is 151 Å². The first-order valence-electron chi connectivity index (χ1n) is 22.2. The summed E-state index contributed by atoms with van der Waals surface area (Å²) < 4.78 is 160. The maximum absolute atomic E-state index is 9.64. The van der Waals surface area contributed by atoms with Gasteiger partial charge in [-0.1, -0.05) is 96.7 Å². The first kappa shape index (κ1) is 12.7. The van der Waals surface area contributed by atoms with E-state index in [1.807, 2.05) is 0 Å². The minimum Gasteiger partial charge on any atom is -0.308 e. The molecule has 0 saturated heterocycles. The van der Waals surface area contributed by atoms with E-state index in [1.54, 1.807) is 24.3 Å². The highest BCUT2D eigenvalue weighted by molar-refractivity contribution is 6.10. The summed E-state index contributed by atoms with van der Waals surface area (Å²) in [4.78, 5) is 13.6. The van der Waals surface area contributed by atoms with Crippen LogP contribution in [-0.4, -0.2) is 24.1 Å². The normalized spacial score (nSPS) is 17.4. The first-order valence-corrected chi connectivity index (χ1v) is 13.2. The van der Waals surface area contributed by atoms with E-state index in [9.17, 15) is 1.37 Å². The average molecular weight is 582 g/mol. The Bertz CT molecular complexity index is 3420. The summed E-state index contributed by atoms with van der Waals surface area (Å²) in [7, 11) is 0. The molecule has 4 heterocycles. The molecule has 5 heteroatoms. The van der Waals surface area contributed by atoms with Gasteiger partial charge in [0.2, 0.25) is 0 Å². The Balaban J connectivity index is 1.52. The van der Waals surface area contributed by atoms with E-state index in [1.165, 1.54) is 23.0 Å². The van der Waals surface area contributed by atoms with Crippen molar-refractivity contribution in [2.45, 2.75) is 0 Å². The van der Waals surface area contributed by atoms with Crippen LogP contribution in [0.1, 0.15) is 24.7 Å². The Labute approximate surface area is 278 Å². The lowest BCUT2D eigenvalue weighted by Crippen LogP contribution is -2.04. The molecule has 0 aliphatic rings. The third-order valence-corrected chi connectivity index (χ3v) is 7.23. The predicted molar refractivity (Wildman–Crippen MR) is 179 cm³/mol. The van der Waals surface area contributed by atoms with E-state index < -0.39 is 131 Å². The number of hydrogen-bond acceptors (Lipinski definition) is 3. The lowest BCUT2D eigenvalue weighted by Gasteiger charge is -2.15. The van der Waals surface area contributed by atoms with Crippen molar-refractivity contribution in [2.75, 3.05) is 0 Å². The van der Waals surface area contributed by atoms with Gasteiger partial charge in [0.05, 0.1) is 58.1 Å². The van der Waals surface area contributed by atoms with Crippen LogP contribution in [0.2, 0.25) is 0 Å². The van der Waals surface area contributed by atoms with Crippen molar-refractivity contribution in [1.82, 2.24) is 24.1 Å². The Morgan fingerprint density at radius 3 is 1.89 bits per heavy atom. The van der Waals surface area contributed by atoms with Crippen LogP contribution < -0.4 is 0 Å². The van der Waals surface area contributed by atoms with Gasteiger partial charge in [-0.3, -0.25) is 9.55 Å². The van der Waals surface area contributed by atoms with Gasteiger partial charge in [-0.15, -0.1) is 0 Å². The highest BCUT2D eigenvalue weighted by Crippen LogP contribution is 2.37. The lowest BCUT2D eigenvalue weighted by molar-refractivity contribution is 1.04. The minimum atomic E-state index is -0.768. The molecule has 0 aliphatic carbocycles. The number of benzene rings is 5. The maximum Gasteiger partial charge on any atom is 0.164 e. The summed E-state index contributed by atoms with van der Waals surface area (Å²) in [5.74, 6) is -0.884. The molecule has 0 N–H and O–H groups in total. The molecule has 0 bridgehead atoms. The molecule has 0 atom stereocenters. The molecule has 0 saturated carbocycles. The lowest BCUT2D eigenvalue weighted by atomic mass is 10.1. The molecule has 0 spiro atoms. The average Bonchev–Trinajstić information content (AvgIpc) is 3.81.